The zero-order valence-corrected chi connectivity index (χ0v) is 18.1. The molecule has 1 aromatic carbocycles. The van der Waals surface area contributed by atoms with Crippen molar-refractivity contribution < 1.29 is 4.42 Å². The van der Waals surface area contributed by atoms with Gasteiger partial charge in [-0.05, 0) is 44.4 Å². The van der Waals surface area contributed by atoms with Crippen molar-refractivity contribution in [2.45, 2.75) is 38.6 Å². The summed E-state index contributed by atoms with van der Waals surface area (Å²) in [5.74, 6) is 2.01. The maximum Gasteiger partial charge on any atom is 0.263 e. The molecule has 0 aliphatic carbocycles. The van der Waals surface area contributed by atoms with Gasteiger partial charge in [-0.2, -0.15) is 0 Å². The van der Waals surface area contributed by atoms with Crippen LogP contribution in [0, 0.1) is 27.7 Å². The Kier molecular flexibility index (Phi) is 4.89. The van der Waals surface area contributed by atoms with Crippen LogP contribution in [0.4, 0.5) is 0 Å². The van der Waals surface area contributed by atoms with Crippen molar-refractivity contribution in [3.63, 3.8) is 0 Å². The average Bonchev–Trinajstić information content (AvgIpc) is 3.22. The van der Waals surface area contributed by atoms with Gasteiger partial charge in [0.2, 0.25) is 5.89 Å². The predicted octanol–water partition coefficient (Wildman–Crippen LogP) is 5.18. The molecule has 3 heterocycles. The quantitative estimate of drug-likeness (QED) is 0.342. The SMILES string of the molecule is Cc1ccc(-c2csc3nc(SCc4nc(C)c(C)o4)n(C)c(=O)c23)cc1C. The lowest BCUT2D eigenvalue weighted by Crippen LogP contribution is -2.19. The minimum absolute atomic E-state index is 0.0262. The van der Waals surface area contributed by atoms with Gasteiger partial charge < -0.3 is 4.42 Å². The molecule has 0 unspecified atom stereocenters. The summed E-state index contributed by atoms with van der Waals surface area (Å²) in [5.41, 5.74) is 5.33. The molecule has 7 heteroatoms. The lowest BCUT2D eigenvalue weighted by Gasteiger charge is -2.08. The zero-order chi connectivity index (χ0) is 20.0. The minimum atomic E-state index is -0.0262. The van der Waals surface area contributed by atoms with Crippen LogP contribution in [0.1, 0.15) is 28.5 Å². The van der Waals surface area contributed by atoms with Crippen LogP contribution >= 0.6 is 23.1 Å². The van der Waals surface area contributed by atoms with Crippen LogP contribution in [0.2, 0.25) is 0 Å². The van der Waals surface area contributed by atoms with E-state index >= 15 is 0 Å². The van der Waals surface area contributed by atoms with E-state index in [4.69, 9.17) is 9.40 Å². The molecule has 0 aliphatic heterocycles. The smallest absolute Gasteiger partial charge is 0.263 e. The van der Waals surface area contributed by atoms with Gasteiger partial charge in [-0.1, -0.05) is 30.0 Å². The Balaban J connectivity index is 1.73. The summed E-state index contributed by atoms with van der Waals surface area (Å²) in [5, 5.41) is 3.38. The lowest BCUT2D eigenvalue weighted by molar-refractivity contribution is 0.489. The number of hydrogen-bond donors (Lipinski definition) is 0. The van der Waals surface area contributed by atoms with Crippen molar-refractivity contribution in [2.75, 3.05) is 0 Å². The van der Waals surface area contributed by atoms with E-state index in [1.54, 1.807) is 11.6 Å². The highest BCUT2D eigenvalue weighted by atomic mass is 32.2. The first-order valence-electron chi connectivity index (χ1n) is 8.96. The molecule has 0 spiro atoms. The van der Waals surface area contributed by atoms with E-state index in [1.807, 2.05) is 19.2 Å². The summed E-state index contributed by atoms with van der Waals surface area (Å²) >= 11 is 2.97. The van der Waals surface area contributed by atoms with Crippen molar-refractivity contribution in [3.05, 3.63) is 62.4 Å². The predicted molar refractivity (Wildman–Crippen MR) is 115 cm³/mol. The van der Waals surface area contributed by atoms with Crippen LogP contribution in [-0.4, -0.2) is 14.5 Å². The summed E-state index contributed by atoms with van der Waals surface area (Å²) in [6.07, 6.45) is 0. The van der Waals surface area contributed by atoms with Crippen LogP contribution in [0.25, 0.3) is 21.3 Å². The molecule has 0 fully saturated rings. The molecule has 3 aromatic heterocycles. The number of thiophene rings is 1. The fourth-order valence-corrected chi connectivity index (χ4v) is 4.83. The van der Waals surface area contributed by atoms with E-state index in [1.165, 1.54) is 34.2 Å². The molecule has 0 bridgehead atoms. The number of thioether (sulfide) groups is 1. The molecule has 5 nitrogen and oxygen atoms in total. The monoisotopic (exact) mass is 411 g/mol. The Morgan fingerprint density at radius 1 is 1.14 bits per heavy atom. The molecular formula is C21H21N3O2S2. The van der Waals surface area contributed by atoms with E-state index in [2.05, 4.69) is 37.0 Å². The van der Waals surface area contributed by atoms with Gasteiger partial charge in [0.1, 0.15) is 10.6 Å². The van der Waals surface area contributed by atoms with Gasteiger partial charge in [-0.25, -0.2) is 9.97 Å². The first kappa shape index (κ1) is 19.0. The molecule has 4 rings (SSSR count). The van der Waals surface area contributed by atoms with E-state index in [0.29, 0.717) is 22.2 Å². The van der Waals surface area contributed by atoms with Crippen LogP contribution in [0.3, 0.4) is 0 Å². The second-order valence-electron chi connectivity index (χ2n) is 6.92. The summed E-state index contributed by atoms with van der Waals surface area (Å²) in [7, 11) is 1.77. The molecule has 28 heavy (non-hydrogen) atoms. The van der Waals surface area contributed by atoms with Gasteiger partial charge >= 0.3 is 0 Å². The lowest BCUT2D eigenvalue weighted by atomic mass is 10.0. The standard InChI is InChI=1S/C21H21N3O2S2/c1-11-6-7-15(8-12(11)2)16-9-27-19-18(16)20(25)24(5)21(23-19)28-10-17-22-13(3)14(4)26-17/h6-9H,10H2,1-5H3. The normalized spacial score (nSPS) is 11.5. The Hall–Kier alpha value is -2.38. The summed E-state index contributed by atoms with van der Waals surface area (Å²) in [6.45, 7) is 8.00. The van der Waals surface area contributed by atoms with Gasteiger partial charge in [0.05, 0.1) is 16.8 Å². The molecule has 0 radical (unpaired) electrons. The Labute approximate surface area is 171 Å². The number of aromatic nitrogens is 3. The van der Waals surface area contributed by atoms with Gasteiger partial charge in [0.15, 0.2) is 5.16 Å². The van der Waals surface area contributed by atoms with E-state index in [-0.39, 0.29) is 5.56 Å². The molecule has 0 saturated carbocycles. The maximum atomic E-state index is 13.1. The summed E-state index contributed by atoms with van der Waals surface area (Å²) in [4.78, 5) is 23.0. The number of benzene rings is 1. The molecule has 4 aromatic rings. The largest absolute Gasteiger partial charge is 0.445 e. The molecule has 144 valence electrons. The molecular weight excluding hydrogens is 390 g/mol. The molecule has 0 saturated heterocycles. The molecule has 0 atom stereocenters. The van der Waals surface area contributed by atoms with Crippen LogP contribution in [-0.2, 0) is 12.8 Å². The van der Waals surface area contributed by atoms with Crippen LogP contribution < -0.4 is 5.56 Å². The highest BCUT2D eigenvalue weighted by Crippen LogP contribution is 2.33. The topological polar surface area (TPSA) is 60.9 Å². The van der Waals surface area contributed by atoms with Crippen molar-refractivity contribution >= 4 is 33.3 Å². The second kappa shape index (κ2) is 7.22. The van der Waals surface area contributed by atoms with E-state index in [9.17, 15) is 4.79 Å². The van der Waals surface area contributed by atoms with Gasteiger partial charge in [-0.15, -0.1) is 11.3 Å². The first-order chi connectivity index (χ1) is 13.3. The third-order valence-electron chi connectivity index (χ3n) is 4.99. The maximum absolute atomic E-state index is 13.1. The minimum Gasteiger partial charge on any atom is -0.445 e. The van der Waals surface area contributed by atoms with Gasteiger partial charge in [-0.3, -0.25) is 9.36 Å². The highest BCUT2D eigenvalue weighted by molar-refractivity contribution is 7.98. The van der Waals surface area contributed by atoms with Crippen molar-refractivity contribution in [1.29, 1.82) is 0 Å². The van der Waals surface area contributed by atoms with Crippen molar-refractivity contribution in [1.82, 2.24) is 14.5 Å². The van der Waals surface area contributed by atoms with Crippen LogP contribution in [0.5, 0.6) is 0 Å². The third kappa shape index (κ3) is 3.29. The fourth-order valence-electron chi connectivity index (χ4n) is 3.03. The van der Waals surface area contributed by atoms with E-state index in [0.717, 1.165) is 27.4 Å². The molecule has 0 N–H and O–H groups in total. The number of hydrogen-bond acceptors (Lipinski definition) is 6. The number of nitrogens with zero attached hydrogens (tertiary/aromatic N) is 3. The average molecular weight is 412 g/mol. The number of fused-ring (bicyclic) bond motifs is 1. The van der Waals surface area contributed by atoms with Crippen LogP contribution in [0.15, 0.2) is 37.9 Å². The highest BCUT2D eigenvalue weighted by Gasteiger charge is 2.17. The van der Waals surface area contributed by atoms with Crippen molar-refractivity contribution in [3.8, 4) is 11.1 Å². The van der Waals surface area contributed by atoms with E-state index < -0.39 is 0 Å². The first-order valence-corrected chi connectivity index (χ1v) is 10.8. The Bertz CT molecular complexity index is 1230. The van der Waals surface area contributed by atoms with Gasteiger partial charge in [0, 0.05) is 18.0 Å². The molecule has 0 aliphatic rings. The number of aryl methyl sites for hydroxylation is 4. The fraction of sp³-hybridized carbons (Fsp3) is 0.286. The summed E-state index contributed by atoms with van der Waals surface area (Å²) < 4.78 is 7.25. The summed E-state index contributed by atoms with van der Waals surface area (Å²) in [6, 6.07) is 6.29. The van der Waals surface area contributed by atoms with Gasteiger partial charge in [0.25, 0.3) is 5.56 Å². The number of oxazole rings is 1. The third-order valence-corrected chi connectivity index (χ3v) is 6.88. The Morgan fingerprint density at radius 2 is 1.93 bits per heavy atom. The molecule has 0 amide bonds. The Morgan fingerprint density at radius 3 is 2.61 bits per heavy atom. The number of rotatable bonds is 4. The van der Waals surface area contributed by atoms with Crippen molar-refractivity contribution in [2.24, 2.45) is 7.05 Å². The second-order valence-corrected chi connectivity index (χ2v) is 8.73. The zero-order valence-electron chi connectivity index (χ0n) is 16.5.